The molecule has 0 aliphatic heterocycles. The van der Waals surface area contributed by atoms with E-state index in [2.05, 4.69) is 0 Å². The molecule has 0 N–H and O–H groups in total. The van der Waals surface area contributed by atoms with Crippen molar-refractivity contribution in [2.45, 2.75) is 12.3 Å². The third kappa shape index (κ3) is 2.15. The van der Waals surface area contributed by atoms with Crippen LogP contribution in [0.15, 0.2) is 36.4 Å². The maximum atomic E-state index is 12.8. The highest BCUT2D eigenvalue weighted by molar-refractivity contribution is 6.36. The number of carbonyl (C=O) groups excluding carboxylic acids is 1. The summed E-state index contributed by atoms with van der Waals surface area (Å²) in [4.78, 5) is 11.5. The van der Waals surface area contributed by atoms with Crippen molar-refractivity contribution in [1.82, 2.24) is 0 Å². The monoisotopic (exact) mass is 254 g/mol. The summed E-state index contributed by atoms with van der Waals surface area (Å²) in [6.45, 7) is 1.86. The first kappa shape index (κ1) is 12.0. The van der Waals surface area contributed by atoms with Crippen molar-refractivity contribution in [2.24, 2.45) is 0 Å². The minimum Gasteiger partial charge on any atom is -0.286 e. The number of hydrogen-bond donors (Lipinski definition) is 0. The Morgan fingerprint density at radius 3 is 2.29 bits per heavy atom. The summed E-state index contributed by atoms with van der Waals surface area (Å²) in [5.74, 6) is -1.37. The van der Waals surface area contributed by atoms with E-state index in [0.717, 1.165) is 10.9 Å². The van der Waals surface area contributed by atoms with E-state index in [1.807, 2.05) is 6.92 Å². The van der Waals surface area contributed by atoms with Gasteiger partial charge < -0.3 is 0 Å². The van der Waals surface area contributed by atoms with Crippen LogP contribution in [0.3, 0.4) is 0 Å². The fourth-order valence-electron chi connectivity index (χ4n) is 1.80. The number of ketones is 1. The van der Waals surface area contributed by atoms with Gasteiger partial charge in [0.25, 0.3) is 0 Å². The van der Waals surface area contributed by atoms with Gasteiger partial charge in [0.15, 0.2) is 0 Å². The highest BCUT2D eigenvalue weighted by Gasteiger charge is 2.37. The van der Waals surface area contributed by atoms with Crippen LogP contribution in [0.1, 0.15) is 15.9 Å². The first-order valence-corrected chi connectivity index (χ1v) is 5.39. The molecule has 0 radical (unpaired) electrons. The summed E-state index contributed by atoms with van der Waals surface area (Å²) in [6, 6.07) is 9.94. The van der Waals surface area contributed by atoms with Crippen molar-refractivity contribution in [3.63, 3.8) is 0 Å². The van der Waals surface area contributed by atoms with Gasteiger partial charge in [-0.1, -0.05) is 36.4 Å². The van der Waals surface area contributed by atoms with Crippen LogP contribution >= 0.6 is 11.6 Å². The maximum absolute atomic E-state index is 12.8. The molecule has 0 fully saturated rings. The summed E-state index contributed by atoms with van der Waals surface area (Å²) < 4.78 is 25.7. The second-order valence-corrected chi connectivity index (χ2v) is 4.28. The Kier molecular flexibility index (Phi) is 2.87. The molecule has 0 spiro atoms. The first-order chi connectivity index (χ1) is 7.91. The minimum atomic E-state index is -3.86. The van der Waals surface area contributed by atoms with Crippen LogP contribution in [0.2, 0.25) is 0 Å². The lowest BCUT2D eigenvalue weighted by Crippen LogP contribution is -2.21. The van der Waals surface area contributed by atoms with Crippen molar-refractivity contribution < 1.29 is 13.6 Å². The van der Waals surface area contributed by atoms with Crippen molar-refractivity contribution in [3.05, 3.63) is 47.5 Å². The summed E-state index contributed by atoms with van der Waals surface area (Å²) in [6.07, 6.45) is 0. The zero-order valence-electron chi connectivity index (χ0n) is 9.01. The van der Waals surface area contributed by atoms with Gasteiger partial charge in [0.05, 0.1) is 0 Å². The van der Waals surface area contributed by atoms with Crippen LogP contribution in [0, 0.1) is 6.92 Å². The summed E-state index contributed by atoms with van der Waals surface area (Å²) in [7, 11) is 0. The number of carbonyl (C=O) groups is 1. The number of benzene rings is 2. The molecule has 2 aromatic carbocycles. The quantitative estimate of drug-likeness (QED) is 0.581. The van der Waals surface area contributed by atoms with E-state index in [0.29, 0.717) is 5.39 Å². The molecule has 0 aliphatic rings. The number of aryl methyl sites for hydroxylation is 1. The molecule has 0 bridgehead atoms. The molecule has 0 aliphatic carbocycles. The molecule has 0 aromatic heterocycles. The fraction of sp³-hybridized carbons (Fsp3) is 0.154. The fourth-order valence-corrected chi connectivity index (χ4v) is 1.90. The van der Waals surface area contributed by atoms with E-state index in [-0.39, 0.29) is 5.56 Å². The van der Waals surface area contributed by atoms with Crippen LogP contribution < -0.4 is 0 Å². The van der Waals surface area contributed by atoms with E-state index in [9.17, 15) is 13.6 Å². The topological polar surface area (TPSA) is 17.1 Å². The molecule has 17 heavy (non-hydrogen) atoms. The zero-order valence-corrected chi connectivity index (χ0v) is 9.76. The van der Waals surface area contributed by atoms with Gasteiger partial charge >= 0.3 is 5.38 Å². The Bertz CT molecular complexity index is 587. The Balaban J connectivity index is 2.72. The highest BCUT2D eigenvalue weighted by atomic mass is 35.5. The second-order valence-electron chi connectivity index (χ2n) is 3.80. The molecule has 1 nitrogen and oxygen atoms in total. The molecule has 2 rings (SSSR count). The first-order valence-electron chi connectivity index (χ1n) is 5.01. The van der Waals surface area contributed by atoms with Gasteiger partial charge in [0.1, 0.15) is 0 Å². The normalized spacial score (nSPS) is 11.8. The van der Waals surface area contributed by atoms with Crippen LogP contribution in [0.25, 0.3) is 10.8 Å². The lowest BCUT2D eigenvalue weighted by atomic mass is 9.98. The van der Waals surface area contributed by atoms with Gasteiger partial charge in [0, 0.05) is 5.56 Å². The van der Waals surface area contributed by atoms with Crippen LogP contribution in [-0.4, -0.2) is 11.2 Å². The molecule has 88 valence electrons. The van der Waals surface area contributed by atoms with E-state index < -0.39 is 11.2 Å². The van der Waals surface area contributed by atoms with Gasteiger partial charge in [-0.3, -0.25) is 4.79 Å². The Hall–Kier alpha value is -1.48. The number of alkyl halides is 3. The van der Waals surface area contributed by atoms with Gasteiger partial charge in [-0.15, -0.1) is 0 Å². The molecule has 4 heteroatoms. The average Bonchev–Trinajstić information content (AvgIpc) is 2.28. The van der Waals surface area contributed by atoms with Crippen LogP contribution in [0.4, 0.5) is 8.78 Å². The van der Waals surface area contributed by atoms with Gasteiger partial charge in [-0.25, -0.2) is 0 Å². The van der Waals surface area contributed by atoms with Crippen molar-refractivity contribution in [1.29, 1.82) is 0 Å². The number of halogens is 3. The third-order valence-electron chi connectivity index (χ3n) is 2.64. The SMILES string of the molecule is Cc1ccc(C(=O)C(F)(F)Cl)c2ccccc12. The molecular formula is C13H9ClF2O. The van der Waals surface area contributed by atoms with Crippen molar-refractivity contribution in [3.8, 4) is 0 Å². The van der Waals surface area contributed by atoms with Gasteiger partial charge in [0.2, 0.25) is 5.78 Å². The van der Waals surface area contributed by atoms with Gasteiger partial charge in [-0.2, -0.15) is 8.78 Å². The molecular weight excluding hydrogens is 246 g/mol. The highest BCUT2D eigenvalue weighted by Crippen LogP contribution is 2.29. The zero-order chi connectivity index (χ0) is 12.6. The van der Waals surface area contributed by atoms with Crippen LogP contribution in [0.5, 0.6) is 0 Å². The predicted octanol–water partition coefficient (Wildman–Crippen LogP) is 4.16. The lowest BCUT2D eigenvalue weighted by Gasteiger charge is -2.10. The largest absolute Gasteiger partial charge is 0.384 e. The molecule has 0 saturated carbocycles. The lowest BCUT2D eigenvalue weighted by molar-refractivity contribution is 0.0538. The number of Topliss-reactive ketones (excluding diaryl/α,β-unsaturated/α-hetero) is 1. The maximum Gasteiger partial charge on any atom is 0.384 e. The molecule has 0 atom stereocenters. The summed E-state index contributed by atoms with van der Waals surface area (Å²) >= 11 is 4.78. The minimum absolute atomic E-state index is 0.0498. The van der Waals surface area contributed by atoms with Crippen molar-refractivity contribution >= 4 is 28.2 Å². The van der Waals surface area contributed by atoms with E-state index in [4.69, 9.17) is 11.6 Å². The summed E-state index contributed by atoms with van der Waals surface area (Å²) in [5.41, 5.74) is 0.876. The second kappa shape index (κ2) is 4.08. The molecule has 0 amide bonds. The van der Waals surface area contributed by atoms with E-state index in [1.165, 1.54) is 6.07 Å². The van der Waals surface area contributed by atoms with Crippen molar-refractivity contribution in [2.75, 3.05) is 0 Å². The Labute approximate surface area is 102 Å². The molecule has 0 unspecified atom stereocenters. The Morgan fingerprint density at radius 2 is 1.71 bits per heavy atom. The van der Waals surface area contributed by atoms with Gasteiger partial charge in [-0.05, 0) is 34.9 Å². The Morgan fingerprint density at radius 1 is 1.12 bits per heavy atom. The number of hydrogen-bond acceptors (Lipinski definition) is 1. The standard InChI is InChI=1S/C13H9ClF2O/c1-8-6-7-11(12(17)13(14,15)16)10-5-3-2-4-9(8)10/h2-7H,1H3. The van der Waals surface area contributed by atoms with Crippen LogP contribution in [-0.2, 0) is 0 Å². The number of fused-ring (bicyclic) bond motifs is 1. The van der Waals surface area contributed by atoms with E-state index in [1.54, 1.807) is 30.3 Å². The average molecular weight is 255 g/mol. The number of rotatable bonds is 2. The summed E-state index contributed by atoms with van der Waals surface area (Å²) in [5, 5.41) is -2.59. The smallest absolute Gasteiger partial charge is 0.286 e. The van der Waals surface area contributed by atoms with E-state index >= 15 is 0 Å². The molecule has 2 aromatic rings. The molecule has 0 saturated heterocycles. The predicted molar refractivity (Wildman–Crippen MR) is 63.8 cm³/mol. The molecule has 0 heterocycles. The third-order valence-corrected chi connectivity index (χ3v) is 2.82.